The van der Waals surface area contributed by atoms with Crippen LogP contribution in [0.2, 0.25) is 0 Å². The van der Waals surface area contributed by atoms with Gasteiger partial charge in [-0.05, 0) is 44.2 Å². The van der Waals surface area contributed by atoms with Gasteiger partial charge in [0.2, 0.25) is 11.9 Å². The SMILES string of the molecule is COc1ccccc1NC(=O)CSc1nnc(N2CCCCC2)n1C1CC1. The summed E-state index contributed by atoms with van der Waals surface area (Å²) in [4.78, 5) is 14.7. The molecule has 2 aliphatic rings. The molecular formula is C19H25N5O2S. The number of piperidine rings is 1. The molecule has 0 bridgehead atoms. The molecule has 2 aromatic rings. The van der Waals surface area contributed by atoms with Gasteiger partial charge in [-0.3, -0.25) is 9.36 Å². The van der Waals surface area contributed by atoms with Crippen molar-refractivity contribution in [3.63, 3.8) is 0 Å². The van der Waals surface area contributed by atoms with Gasteiger partial charge in [-0.1, -0.05) is 23.9 Å². The van der Waals surface area contributed by atoms with Crippen LogP contribution in [0.5, 0.6) is 5.75 Å². The largest absolute Gasteiger partial charge is 0.495 e. The molecule has 1 amide bonds. The molecule has 1 aliphatic carbocycles. The molecule has 0 radical (unpaired) electrons. The summed E-state index contributed by atoms with van der Waals surface area (Å²) in [6, 6.07) is 7.90. The Balaban J connectivity index is 1.42. The van der Waals surface area contributed by atoms with Gasteiger partial charge in [0.05, 0.1) is 18.6 Å². The van der Waals surface area contributed by atoms with Crippen molar-refractivity contribution >= 4 is 29.3 Å². The van der Waals surface area contributed by atoms with Crippen LogP contribution in [0.25, 0.3) is 0 Å². The number of methoxy groups -OCH3 is 1. The Kier molecular flexibility index (Phi) is 5.52. The van der Waals surface area contributed by atoms with Gasteiger partial charge >= 0.3 is 0 Å². The molecular weight excluding hydrogens is 362 g/mol. The van der Waals surface area contributed by atoms with Crippen molar-refractivity contribution in [3.8, 4) is 5.75 Å². The molecule has 1 saturated carbocycles. The molecule has 2 fully saturated rings. The molecule has 1 saturated heterocycles. The highest BCUT2D eigenvalue weighted by molar-refractivity contribution is 7.99. The number of rotatable bonds is 7. The number of thioether (sulfide) groups is 1. The maximum absolute atomic E-state index is 12.4. The van der Waals surface area contributed by atoms with Gasteiger partial charge in [-0.2, -0.15) is 0 Å². The molecule has 1 aliphatic heterocycles. The average Bonchev–Trinajstić information content (AvgIpc) is 3.46. The maximum atomic E-state index is 12.4. The van der Waals surface area contributed by atoms with Crippen LogP contribution in [0.4, 0.5) is 11.6 Å². The number of amides is 1. The van der Waals surface area contributed by atoms with Crippen LogP contribution < -0.4 is 15.0 Å². The molecule has 0 atom stereocenters. The number of nitrogens with one attached hydrogen (secondary N) is 1. The van der Waals surface area contributed by atoms with Crippen LogP contribution in [-0.2, 0) is 4.79 Å². The van der Waals surface area contributed by atoms with Gasteiger partial charge in [-0.15, -0.1) is 10.2 Å². The molecule has 8 heteroatoms. The second-order valence-corrected chi connectivity index (χ2v) is 7.91. The smallest absolute Gasteiger partial charge is 0.234 e. The Morgan fingerprint density at radius 2 is 2.00 bits per heavy atom. The maximum Gasteiger partial charge on any atom is 0.234 e. The quantitative estimate of drug-likeness (QED) is 0.735. The number of hydrogen-bond acceptors (Lipinski definition) is 6. The summed E-state index contributed by atoms with van der Waals surface area (Å²) in [5, 5.41) is 12.6. The summed E-state index contributed by atoms with van der Waals surface area (Å²) in [7, 11) is 1.60. The van der Waals surface area contributed by atoms with Gasteiger partial charge in [0.25, 0.3) is 0 Å². The van der Waals surface area contributed by atoms with E-state index in [2.05, 4.69) is 25.0 Å². The molecule has 4 rings (SSSR count). The van der Waals surface area contributed by atoms with Crippen LogP contribution in [-0.4, -0.2) is 46.6 Å². The number of anilines is 2. The number of ether oxygens (including phenoxy) is 1. The topological polar surface area (TPSA) is 72.3 Å². The average molecular weight is 388 g/mol. The van der Waals surface area contributed by atoms with Gasteiger partial charge in [0.1, 0.15) is 5.75 Å². The fourth-order valence-electron chi connectivity index (χ4n) is 3.39. The monoisotopic (exact) mass is 387 g/mol. The normalized spacial score (nSPS) is 17.0. The first kappa shape index (κ1) is 18.2. The number of carbonyl (C=O) groups is 1. The molecule has 1 aromatic carbocycles. The Bertz CT molecular complexity index is 799. The zero-order valence-electron chi connectivity index (χ0n) is 15.6. The van der Waals surface area contributed by atoms with E-state index in [0.29, 0.717) is 23.2 Å². The fraction of sp³-hybridized carbons (Fsp3) is 0.526. The van der Waals surface area contributed by atoms with E-state index in [0.717, 1.165) is 24.2 Å². The summed E-state index contributed by atoms with van der Waals surface area (Å²) < 4.78 is 7.53. The fourth-order valence-corrected chi connectivity index (χ4v) is 4.19. The molecule has 144 valence electrons. The third-order valence-electron chi connectivity index (χ3n) is 4.91. The summed E-state index contributed by atoms with van der Waals surface area (Å²) in [5.74, 6) is 1.85. The summed E-state index contributed by atoms with van der Waals surface area (Å²) >= 11 is 1.45. The number of benzene rings is 1. The first-order chi connectivity index (χ1) is 13.3. The first-order valence-electron chi connectivity index (χ1n) is 9.52. The van der Waals surface area contributed by atoms with Crippen molar-refractivity contribution in [1.29, 1.82) is 0 Å². The van der Waals surface area contributed by atoms with E-state index in [1.807, 2.05) is 24.3 Å². The Labute approximate surface area is 163 Å². The molecule has 1 N–H and O–H groups in total. The van der Waals surface area contributed by atoms with E-state index in [1.165, 1.54) is 43.9 Å². The number of hydrogen-bond donors (Lipinski definition) is 1. The summed E-state index contributed by atoms with van der Waals surface area (Å²) in [5.41, 5.74) is 0.684. The molecule has 7 nitrogen and oxygen atoms in total. The zero-order valence-corrected chi connectivity index (χ0v) is 16.4. The second kappa shape index (κ2) is 8.21. The van der Waals surface area contributed by atoms with Gasteiger partial charge < -0.3 is 15.0 Å². The van der Waals surface area contributed by atoms with Gasteiger partial charge in [0, 0.05) is 19.1 Å². The van der Waals surface area contributed by atoms with E-state index in [-0.39, 0.29) is 5.91 Å². The van der Waals surface area contributed by atoms with E-state index in [9.17, 15) is 4.79 Å². The van der Waals surface area contributed by atoms with E-state index < -0.39 is 0 Å². The minimum absolute atomic E-state index is 0.0747. The van der Waals surface area contributed by atoms with Crippen molar-refractivity contribution in [2.45, 2.75) is 43.3 Å². The predicted octanol–water partition coefficient (Wildman–Crippen LogP) is 3.34. The minimum atomic E-state index is -0.0747. The molecule has 0 spiro atoms. The molecule has 1 aromatic heterocycles. The van der Waals surface area contributed by atoms with Crippen LogP contribution in [0.3, 0.4) is 0 Å². The number of aromatic nitrogens is 3. The third-order valence-corrected chi connectivity index (χ3v) is 5.85. The van der Waals surface area contributed by atoms with Crippen LogP contribution in [0.1, 0.15) is 38.1 Å². The number of para-hydroxylation sites is 2. The van der Waals surface area contributed by atoms with E-state index in [1.54, 1.807) is 7.11 Å². The van der Waals surface area contributed by atoms with Crippen LogP contribution >= 0.6 is 11.8 Å². The highest BCUT2D eigenvalue weighted by Gasteiger charge is 2.32. The summed E-state index contributed by atoms with van der Waals surface area (Å²) in [6.07, 6.45) is 6.04. The Morgan fingerprint density at radius 1 is 1.22 bits per heavy atom. The van der Waals surface area contributed by atoms with Crippen molar-refractivity contribution in [1.82, 2.24) is 14.8 Å². The van der Waals surface area contributed by atoms with E-state index >= 15 is 0 Å². The highest BCUT2D eigenvalue weighted by atomic mass is 32.2. The van der Waals surface area contributed by atoms with Crippen molar-refractivity contribution in [2.24, 2.45) is 0 Å². The van der Waals surface area contributed by atoms with E-state index in [4.69, 9.17) is 4.74 Å². The lowest BCUT2D eigenvalue weighted by molar-refractivity contribution is -0.113. The summed E-state index contributed by atoms with van der Waals surface area (Å²) in [6.45, 7) is 2.09. The van der Waals surface area contributed by atoms with Gasteiger partial charge in [-0.25, -0.2) is 0 Å². The van der Waals surface area contributed by atoms with Crippen LogP contribution in [0, 0.1) is 0 Å². The van der Waals surface area contributed by atoms with Crippen molar-refractivity contribution < 1.29 is 9.53 Å². The lowest BCUT2D eigenvalue weighted by atomic mass is 10.1. The molecule has 0 unspecified atom stereocenters. The number of carbonyl (C=O) groups excluding carboxylic acids is 1. The lowest BCUT2D eigenvalue weighted by Gasteiger charge is -2.27. The highest BCUT2D eigenvalue weighted by Crippen LogP contribution is 2.41. The predicted molar refractivity (Wildman–Crippen MR) is 107 cm³/mol. The van der Waals surface area contributed by atoms with Crippen molar-refractivity contribution in [2.75, 3.05) is 36.2 Å². The minimum Gasteiger partial charge on any atom is -0.495 e. The Hall–Kier alpha value is -2.22. The number of nitrogens with zero attached hydrogens (tertiary/aromatic N) is 4. The second-order valence-electron chi connectivity index (χ2n) is 6.97. The van der Waals surface area contributed by atoms with Gasteiger partial charge in [0.15, 0.2) is 5.16 Å². The lowest BCUT2D eigenvalue weighted by Crippen LogP contribution is -2.32. The Morgan fingerprint density at radius 3 is 2.74 bits per heavy atom. The van der Waals surface area contributed by atoms with Crippen LogP contribution in [0.15, 0.2) is 29.4 Å². The standard InChI is InChI=1S/C19H25N5O2S/c1-26-16-8-4-3-7-15(16)20-17(25)13-27-19-22-21-18(24(19)14-9-10-14)23-11-5-2-6-12-23/h3-4,7-8,14H,2,5-6,9-13H2,1H3,(H,20,25). The third kappa shape index (κ3) is 4.21. The van der Waals surface area contributed by atoms with Crippen molar-refractivity contribution in [3.05, 3.63) is 24.3 Å². The molecule has 27 heavy (non-hydrogen) atoms. The zero-order chi connectivity index (χ0) is 18.6. The first-order valence-corrected chi connectivity index (χ1v) is 10.5. The molecule has 2 heterocycles.